The maximum atomic E-state index is 12.9. The smallest absolute Gasteiger partial charge is 0.262 e. The van der Waals surface area contributed by atoms with Crippen molar-refractivity contribution in [2.45, 2.75) is 25.7 Å². The fourth-order valence-corrected chi connectivity index (χ4v) is 4.51. The van der Waals surface area contributed by atoms with Crippen LogP contribution < -0.4 is 10.1 Å². The van der Waals surface area contributed by atoms with Gasteiger partial charge in [0.2, 0.25) is 10.0 Å². The zero-order valence-electron chi connectivity index (χ0n) is 16.4. The van der Waals surface area contributed by atoms with E-state index in [9.17, 15) is 18.0 Å². The van der Waals surface area contributed by atoms with Gasteiger partial charge in [-0.2, -0.15) is 4.31 Å². The van der Waals surface area contributed by atoms with Crippen LogP contribution in [0.2, 0.25) is 5.02 Å². The summed E-state index contributed by atoms with van der Waals surface area (Å²) in [5.41, 5.74) is 0.910. The Balaban J connectivity index is 2.18. The Morgan fingerprint density at radius 1 is 1.10 bits per heavy atom. The highest BCUT2D eigenvalue weighted by Crippen LogP contribution is 2.30. The lowest BCUT2D eigenvalue weighted by molar-refractivity contribution is -0.118. The van der Waals surface area contributed by atoms with E-state index in [4.69, 9.17) is 16.3 Å². The summed E-state index contributed by atoms with van der Waals surface area (Å²) in [6.07, 6.45) is 0. The number of nitrogens with one attached hydrogen (secondary N) is 1. The fraction of sp³-hybridized carbons (Fsp3) is 0.300. The zero-order chi connectivity index (χ0) is 21.6. The van der Waals surface area contributed by atoms with Gasteiger partial charge in [0.15, 0.2) is 12.4 Å². The third-order valence-electron chi connectivity index (χ3n) is 4.14. The number of ketones is 1. The van der Waals surface area contributed by atoms with Crippen molar-refractivity contribution in [2.75, 3.05) is 25.0 Å². The molecule has 0 spiro atoms. The molecule has 0 saturated carbocycles. The van der Waals surface area contributed by atoms with E-state index in [0.717, 1.165) is 0 Å². The van der Waals surface area contributed by atoms with Gasteiger partial charge < -0.3 is 10.1 Å². The Labute approximate surface area is 175 Å². The second-order valence-electron chi connectivity index (χ2n) is 6.15. The Morgan fingerprint density at radius 2 is 1.79 bits per heavy atom. The Morgan fingerprint density at radius 3 is 2.41 bits per heavy atom. The number of nitrogens with zero attached hydrogens (tertiary/aromatic N) is 1. The first-order valence-electron chi connectivity index (χ1n) is 9.02. The molecule has 29 heavy (non-hydrogen) atoms. The average Bonchev–Trinajstić information content (AvgIpc) is 2.68. The molecule has 156 valence electrons. The van der Waals surface area contributed by atoms with Gasteiger partial charge in [0.1, 0.15) is 10.6 Å². The average molecular weight is 439 g/mol. The van der Waals surface area contributed by atoms with Crippen molar-refractivity contribution in [1.29, 1.82) is 0 Å². The van der Waals surface area contributed by atoms with Gasteiger partial charge in [0.25, 0.3) is 5.91 Å². The monoisotopic (exact) mass is 438 g/mol. The SMILES string of the molecule is CCN(CC)S(=O)(=O)c1cc(Cl)ccc1OCC(=O)Nc1cccc(C(C)=O)c1. The highest BCUT2D eigenvalue weighted by atomic mass is 35.5. The fourth-order valence-electron chi connectivity index (χ4n) is 2.66. The van der Waals surface area contributed by atoms with Crippen LogP contribution in [0.15, 0.2) is 47.4 Å². The summed E-state index contributed by atoms with van der Waals surface area (Å²) in [7, 11) is -3.82. The van der Waals surface area contributed by atoms with Gasteiger partial charge in [-0.3, -0.25) is 9.59 Å². The van der Waals surface area contributed by atoms with E-state index in [0.29, 0.717) is 11.3 Å². The van der Waals surface area contributed by atoms with Crippen LogP contribution in [-0.2, 0) is 14.8 Å². The Bertz CT molecular complexity index is 1000. The number of benzene rings is 2. The zero-order valence-corrected chi connectivity index (χ0v) is 18.0. The predicted octanol–water partition coefficient (Wildman–Crippen LogP) is 3.59. The highest BCUT2D eigenvalue weighted by molar-refractivity contribution is 7.89. The summed E-state index contributed by atoms with van der Waals surface area (Å²) < 4.78 is 32.5. The number of carbonyl (C=O) groups is 2. The predicted molar refractivity (Wildman–Crippen MR) is 112 cm³/mol. The third-order valence-corrected chi connectivity index (χ3v) is 6.45. The van der Waals surface area contributed by atoms with Crippen LogP contribution in [0.5, 0.6) is 5.75 Å². The van der Waals surface area contributed by atoms with Crippen LogP contribution >= 0.6 is 11.6 Å². The van der Waals surface area contributed by atoms with Gasteiger partial charge in [0, 0.05) is 29.4 Å². The quantitative estimate of drug-likeness (QED) is 0.604. The van der Waals surface area contributed by atoms with Crippen LogP contribution in [0, 0.1) is 0 Å². The molecular formula is C20H23ClN2O5S. The lowest BCUT2D eigenvalue weighted by atomic mass is 10.1. The molecular weight excluding hydrogens is 416 g/mol. The van der Waals surface area contributed by atoms with Gasteiger partial charge in [-0.15, -0.1) is 0 Å². The van der Waals surface area contributed by atoms with E-state index in [2.05, 4.69) is 5.32 Å². The molecule has 1 amide bonds. The van der Waals surface area contributed by atoms with Crippen LogP contribution in [0.1, 0.15) is 31.1 Å². The first kappa shape index (κ1) is 22.9. The molecule has 0 fully saturated rings. The van der Waals surface area contributed by atoms with Crippen molar-refractivity contribution in [2.24, 2.45) is 0 Å². The molecule has 1 N–H and O–H groups in total. The molecule has 0 bridgehead atoms. The molecule has 9 heteroatoms. The van der Waals surface area contributed by atoms with Gasteiger partial charge in [-0.1, -0.05) is 37.6 Å². The number of ether oxygens (including phenoxy) is 1. The van der Waals surface area contributed by atoms with Crippen molar-refractivity contribution in [3.05, 3.63) is 53.1 Å². The number of Topliss-reactive ketones (excluding diaryl/α,β-unsaturated/α-hetero) is 1. The molecule has 0 unspecified atom stereocenters. The number of rotatable bonds is 9. The number of amides is 1. The van der Waals surface area contributed by atoms with E-state index < -0.39 is 22.5 Å². The third kappa shape index (κ3) is 5.79. The summed E-state index contributed by atoms with van der Waals surface area (Å²) in [6.45, 7) is 5.06. The molecule has 2 rings (SSSR count). The van der Waals surface area contributed by atoms with E-state index in [-0.39, 0.29) is 34.5 Å². The normalized spacial score (nSPS) is 11.3. The maximum absolute atomic E-state index is 12.9. The maximum Gasteiger partial charge on any atom is 0.262 e. The summed E-state index contributed by atoms with van der Waals surface area (Å²) >= 11 is 5.98. The first-order chi connectivity index (χ1) is 13.7. The van der Waals surface area contributed by atoms with Crippen molar-refractivity contribution >= 4 is 39.0 Å². The van der Waals surface area contributed by atoms with E-state index in [1.54, 1.807) is 38.1 Å². The van der Waals surface area contributed by atoms with Crippen molar-refractivity contribution in [3.8, 4) is 5.75 Å². The molecule has 0 aromatic heterocycles. The molecule has 7 nitrogen and oxygen atoms in total. The molecule has 0 radical (unpaired) electrons. The lowest BCUT2D eigenvalue weighted by Gasteiger charge is -2.20. The van der Waals surface area contributed by atoms with E-state index in [1.807, 2.05) is 0 Å². The van der Waals surface area contributed by atoms with Gasteiger partial charge in [-0.05, 0) is 37.3 Å². The van der Waals surface area contributed by atoms with Crippen LogP contribution in [-0.4, -0.2) is 44.1 Å². The summed E-state index contributed by atoms with van der Waals surface area (Å²) in [6, 6.07) is 10.7. The molecule has 0 atom stereocenters. The van der Waals surface area contributed by atoms with Crippen LogP contribution in [0.4, 0.5) is 5.69 Å². The van der Waals surface area contributed by atoms with Gasteiger partial charge in [0.05, 0.1) is 0 Å². The summed E-state index contributed by atoms with van der Waals surface area (Å²) in [5.74, 6) is -0.578. The van der Waals surface area contributed by atoms with Crippen molar-refractivity contribution in [3.63, 3.8) is 0 Å². The minimum absolute atomic E-state index is 0.0361. The minimum atomic E-state index is -3.82. The molecule has 0 aliphatic carbocycles. The second-order valence-corrected chi connectivity index (χ2v) is 8.50. The van der Waals surface area contributed by atoms with Crippen LogP contribution in [0.25, 0.3) is 0 Å². The second kappa shape index (κ2) is 9.87. The Kier molecular flexibility index (Phi) is 7.78. The molecule has 2 aromatic carbocycles. The number of carbonyl (C=O) groups excluding carboxylic acids is 2. The lowest BCUT2D eigenvalue weighted by Crippen LogP contribution is -2.31. The topological polar surface area (TPSA) is 92.8 Å². The number of anilines is 1. The summed E-state index contributed by atoms with van der Waals surface area (Å²) in [5, 5.41) is 2.86. The molecule has 0 heterocycles. The molecule has 0 aliphatic rings. The first-order valence-corrected chi connectivity index (χ1v) is 10.8. The largest absolute Gasteiger partial charge is 0.482 e. The van der Waals surface area contributed by atoms with Gasteiger partial charge in [-0.25, -0.2) is 8.42 Å². The number of halogens is 1. The standard InChI is InChI=1S/C20H23ClN2O5S/c1-4-23(5-2)29(26,27)19-12-16(21)9-10-18(19)28-13-20(25)22-17-8-6-7-15(11-17)14(3)24/h6-12H,4-5,13H2,1-3H3,(H,22,25). The van der Waals surface area contributed by atoms with Crippen molar-refractivity contribution in [1.82, 2.24) is 4.31 Å². The van der Waals surface area contributed by atoms with Crippen molar-refractivity contribution < 1.29 is 22.7 Å². The van der Waals surface area contributed by atoms with E-state index in [1.165, 1.54) is 29.4 Å². The summed E-state index contributed by atoms with van der Waals surface area (Å²) in [4.78, 5) is 23.6. The molecule has 2 aromatic rings. The molecule has 0 aliphatic heterocycles. The number of hydrogen-bond acceptors (Lipinski definition) is 5. The van der Waals surface area contributed by atoms with Crippen LogP contribution in [0.3, 0.4) is 0 Å². The van der Waals surface area contributed by atoms with E-state index >= 15 is 0 Å². The Hall–Kier alpha value is -2.42. The minimum Gasteiger partial charge on any atom is -0.482 e. The number of sulfonamides is 1. The van der Waals surface area contributed by atoms with Gasteiger partial charge >= 0.3 is 0 Å². The molecule has 0 saturated heterocycles. The highest BCUT2D eigenvalue weighted by Gasteiger charge is 2.26. The number of hydrogen-bond donors (Lipinski definition) is 1.